The van der Waals surface area contributed by atoms with E-state index < -0.39 is 5.97 Å². The first kappa shape index (κ1) is 26.8. The lowest BCUT2D eigenvalue weighted by Gasteiger charge is -2.11. The number of amides is 1. The van der Waals surface area contributed by atoms with E-state index in [1.807, 2.05) is 72.3 Å². The number of rotatable bonds is 8. The molecule has 1 saturated heterocycles. The van der Waals surface area contributed by atoms with E-state index in [1.54, 1.807) is 6.92 Å². The van der Waals surface area contributed by atoms with Crippen molar-refractivity contribution < 1.29 is 24.2 Å². The molecule has 5 rings (SSSR count). The maximum absolute atomic E-state index is 12.8. The van der Waals surface area contributed by atoms with Gasteiger partial charge in [-0.05, 0) is 51.0 Å². The van der Waals surface area contributed by atoms with Gasteiger partial charge in [0.05, 0.1) is 23.3 Å². The van der Waals surface area contributed by atoms with Crippen LogP contribution in [-0.4, -0.2) is 52.5 Å². The van der Waals surface area contributed by atoms with Gasteiger partial charge in [0.25, 0.3) is 0 Å². The third kappa shape index (κ3) is 6.10. The van der Waals surface area contributed by atoms with Crippen LogP contribution in [0.5, 0.6) is 0 Å². The second-order valence-electron chi connectivity index (χ2n) is 9.48. The van der Waals surface area contributed by atoms with Crippen LogP contribution in [0.1, 0.15) is 30.9 Å². The van der Waals surface area contributed by atoms with Crippen LogP contribution in [0.4, 0.5) is 5.69 Å². The molecule has 9 heteroatoms. The lowest BCUT2D eigenvalue weighted by Crippen LogP contribution is -2.34. The van der Waals surface area contributed by atoms with Crippen molar-refractivity contribution >= 4 is 51.3 Å². The number of aliphatic hydroxyl groups is 1. The minimum absolute atomic E-state index is 0.0472. The number of benzene rings is 2. The van der Waals surface area contributed by atoms with Crippen molar-refractivity contribution in [3.8, 4) is 0 Å². The second-order valence-corrected chi connectivity index (χ2v) is 10.5. The fourth-order valence-corrected chi connectivity index (χ4v) is 5.66. The van der Waals surface area contributed by atoms with Crippen molar-refractivity contribution in [2.75, 3.05) is 19.8 Å². The molecule has 2 N–H and O–H groups in total. The van der Waals surface area contributed by atoms with Crippen molar-refractivity contribution in [1.29, 1.82) is 0 Å². The fraction of sp³-hybridized carbons (Fsp3) is 0.300. The predicted molar refractivity (Wildman–Crippen MR) is 154 cm³/mol. The van der Waals surface area contributed by atoms with Gasteiger partial charge in [0, 0.05) is 35.8 Å². The van der Waals surface area contributed by atoms with E-state index in [9.17, 15) is 14.7 Å². The van der Waals surface area contributed by atoms with E-state index in [0.29, 0.717) is 22.2 Å². The quantitative estimate of drug-likeness (QED) is 0.366. The summed E-state index contributed by atoms with van der Waals surface area (Å²) < 4.78 is 12.7. The van der Waals surface area contributed by atoms with E-state index in [-0.39, 0.29) is 36.5 Å². The highest BCUT2D eigenvalue weighted by molar-refractivity contribution is 8.18. The molecule has 1 amide bonds. The highest BCUT2D eigenvalue weighted by Gasteiger charge is 2.33. The molecule has 0 spiro atoms. The van der Waals surface area contributed by atoms with Gasteiger partial charge in [0.2, 0.25) is 5.91 Å². The molecule has 2 aliphatic heterocycles. The average Bonchev–Trinajstić information content (AvgIpc) is 3.64. The molecule has 0 aliphatic carbocycles. The number of carbonyl (C=O) groups excluding carboxylic acids is 2. The first-order valence-corrected chi connectivity index (χ1v) is 13.9. The number of hydrogen-bond donors (Lipinski definition) is 2. The number of carbonyl (C=O) groups is 2. The molecular weight excluding hydrogens is 514 g/mol. The standard InChI is InChI=1S/C30H31N3O5S/c1-3-37-30(36)27-28(35)25(39-29(27)32-21-12-10-19(2)11-13-21)15-20-17-33(24-9-5-4-8-23(20)24)18-26(34)31-16-22-7-6-14-38-22/h4-5,8-13,15,17,22,35H,3,6-7,14,16,18H2,1-2H3,(H,31,34)/b25-15+,32-29?/t22-/m1/s1. The predicted octanol–water partition coefficient (Wildman–Crippen LogP) is 5.44. The molecular formula is C30H31N3O5S. The monoisotopic (exact) mass is 545 g/mol. The van der Waals surface area contributed by atoms with Crippen LogP contribution in [0.25, 0.3) is 17.0 Å². The summed E-state index contributed by atoms with van der Waals surface area (Å²) in [6, 6.07) is 15.4. The molecule has 2 aromatic carbocycles. The number of thioether (sulfide) groups is 1. The number of para-hydroxylation sites is 1. The van der Waals surface area contributed by atoms with Gasteiger partial charge < -0.3 is 24.5 Å². The summed E-state index contributed by atoms with van der Waals surface area (Å²) in [6.45, 7) is 5.29. The van der Waals surface area contributed by atoms with Gasteiger partial charge in [-0.15, -0.1) is 0 Å². The van der Waals surface area contributed by atoms with E-state index >= 15 is 0 Å². The molecule has 202 valence electrons. The van der Waals surface area contributed by atoms with Crippen LogP contribution in [0.2, 0.25) is 0 Å². The highest BCUT2D eigenvalue weighted by atomic mass is 32.2. The normalized spacial score (nSPS) is 19.4. The zero-order chi connectivity index (χ0) is 27.4. The summed E-state index contributed by atoms with van der Waals surface area (Å²) in [5.74, 6) is -0.891. The van der Waals surface area contributed by atoms with E-state index in [4.69, 9.17) is 9.47 Å². The van der Waals surface area contributed by atoms with Crippen molar-refractivity contribution in [2.45, 2.75) is 39.3 Å². The second kappa shape index (κ2) is 11.9. The van der Waals surface area contributed by atoms with Gasteiger partial charge >= 0.3 is 5.97 Å². The molecule has 1 fully saturated rings. The molecule has 1 aromatic heterocycles. The van der Waals surface area contributed by atoms with E-state index in [0.717, 1.165) is 41.5 Å². The van der Waals surface area contributed by atoms with Crippen molar-refractivity contribution in [1.82, 2.24) is 9.88 Å². The van der Waals surface area contributed by atoms with Crippen LogP contribution < -0.4 is 5.32 Å². The number of ether oxygens (including phenoxy) is 2. The van der Waals surface area contributed by atoms with Gasteiger partial charge in [-0.2, -0.15) is 0 Å². The summed E-state index contributed by atoms with van der Waals surface area (Å²) in [6.07, 6.45) is 5.77. The van der Waals surface area contributed by atoms with Crippen LogP contribution in [0, 0.1) is 6.92 Å². The molecule has 0 unspecified atom stereocenters. The first-order chi connectivity index (χ1) is 18.9. The van der Waals surface area contributed by atoms with E-state index in [2.05, 4.69) is 10.3 Å². The Bertz CT molecular complexity index is 1480. The number of nitrogens with one attached hydrogen (secondary N) is 1. The zero-order valence-corrected chi connectivity index (χ0v) is 22.8. The number of aromatic nitrogens is 1. The van der Waals surface area contributed by atoms with E-state index in [1.165, 1.54) is 11.8 Å². The molecule has 3 aromatic rings. The number of hydrogen-bond acceptors (Lipinski definition) is 7. The molecule has 1 atom stereocenters. The molecule has 0 radical (unpaired) electrons. The van der Waals surface area contributed by atoms with Gasteiger partial charge in [-0.1, -0.05) is 47.7 Å². The number of esters is 1. The van der Waals surface area contributed by atoms with Crippen LogP contribution >= 0.6 is 11.8 Å². The van der Waals surface area contributed by atoms with Crippen LogP contribution in [0.15, 0.2) is 76.0 Å². The Morgan fingerprint density at radius 1 is 1.23 bits per heavy atom. The topological polar surface area (TPSA) is 102 Å². The Morgan fingerprint density at radius 3 is 2.77 bits per heavy atom. The Kier molecular flexibility index (Phi) is 8.18. The van der Waals surface area contributed by atoms with Crippen molar-refractivity contribution in [2.24, 2.45) is 4.99 Å². The molecule has 8 nitrogen and oxygen atoms in total. The number of aliphatic imine (C=N–C) groups is 1. The molecule has 3 heterocycles. The summed E-state index contributed by atoms with van der Waals surface area (Å²) >= 11 is 1.21. The third-order valence-corrected chi connectivity index (χ3v) is 7.63. The Balaban J connectivity index is 1.45. The van der Waals surface area contributed by atoms with Crippen molar-refractivity contribution in [3.63, 3.8) is 0 Å². The summed E-state index contributed by atoms with van der Waals surface area (Å²) in [5, 5.41) is 15.4. The number of fused-ring (bicyclic) bond motifs is 1. The Labute approximate surface area is 231 Å². The number of aliphatic hydroxyl groups excluding tert-OH is 1. The lowest BCUT2D eigenvalue weighted by molar-refractivity contribution is -0.138. The molecule has 2 aliphatic rings. The van der Waals surface area contributed by atoms with Gasteiger partial charge in [0.15, 0.2) is 0 Å². The summed E-state index contributed by atoms with van der Waals surface area (Å²) in [7, 11) is 0. The lowest BCUT2D eigenvalue weighted by atomic mass is 10.1. The molecule has 39 heavy (non-hydrogen) atoms. The highest BCUT2D eigenvalue weighted by Crippen LogP contribution is 2.41. The molecule has 0 bridgehead atoms. The number of nitrogens with zero attached hydrogens (tertiary/aromatic N) is 2. The SMILES string of the molecule is CCOC(=O)C1=C(O)/C(=C\c2cn(CC(=O)NC[C@H]3CCCO3)c3ccccc23)SC1=Nc1ccc(C)cc1. The smallest absolute Gasteiger partial charge is 0.344 e. The van der Waals surface area contributed by atoms with Crippen LogP contribution in [0.3, 0.4) is 0 Å². The minimum atomic E-state index is -0.623. The number of aryl methyl sites for hydroxylation is 1. The van der Waals surface area contributed by atoms with Gasteiger partial charge in [-0.25, -0.2) is 9.79 Å². The maximum atomic E-state index is 12.8. The van der Waals surface area contributed by atoms with Crippen molar-refractivity contribution in [3.05, 3.63) is 82.1 Å². The Morgan fingerprint density at radius 2 is 2.03 bits per heavy atom. The minimum Gasteiger partial charge on any atom is -0.506 e. The van der Waals surface area contributed by atoms with Crippen LogP contribution in [-0.2, 0) is 25.6 Å². The largest absolute Gasteiger partial charge is 0.506 e. The fourth-order valence-electron chi connectivity index (χ4n) is 4.63. The van der Waals surface area contributed by atoms with Gasteiger partial charge in [-0.3, -0.25) is 4.79 Å². The molecule has 0 saturated carbocycles. The summed E-state index contributed by atoms with van der Waals surface area (Å²) in [4.78, 5) is 30.6. The first-order valence-electron chi connectivity index (χ1n) is 13.0. The van der Waals surface area contributed by atoms with Gasteiger partial charge in [0.1, 0.15) is 22.9 Å². The third-order valence-electron chi connectivity index (χ3n) is 6.61. The summed E-state index contributed by atoms with van der Waals surface area (Å²) in [5.41, 5.74) is 3.52. The maximum Gasteiger partial charge on any atom is 0.344 e. The Hall–Kier alpha value is -3.82. The zero-order valence-electron chi connectivity index (χ0n) is 22.0. The average molecular weight is 546 g/mol.